The number of hydrogen-bond donors (Lipinski definition) is 2. The first-order valence-electron chi connectivity index (χ1n) is 8.88. The average Bonchev–Trinajstić information content (AvgIpc) is 3.49. The summed E-state index contributed by atoms with van der Waals surface area (Å²) in [6.07, 6.45) is 1.65. The van der Waals surface area contributed by atoms with Crippen LogP contribution >= 0.6 is 12.4 Å². The SMILES string of the molecule is Cl.O=C(c1ccccc1)C(Cc1ccccc1)OCC(O)CNC1CC1. The van der Waals surface area contributed by atoms with E-state index >= 15 is 0 Å². The Labute approximate surface area is 161 Å². The van der Waals surface area contributed by atoms with Crippen LogP contribution in [0.3, 0.4) is 0 Å². The maximum absolute atomic E-state index is 12.8. The highest BCUT2D eigenvalue weighted by Gasteiger charge is 2.24. The molecule has 26 heavy (non-hydrogen) atoms. The first-order valence-corrected chi connectivity index (χ1v) is 8.88. The fourth-order valence-corrected chi connectivity index (χ4v) is 2.72. The van der Waals surface area contributed by atoms with E-state index < -0.39 is 12.2 Å². The maximum atomic E-state index is 12.8. The molecule has 5 heteroatoms. The molecular formula is C21H26ClNO3. The number of aliphatic hydroxyl groups excluding tert-OH is 1. The van der Waals surface area contributed by atoms with Crippen LogP contribution in [0.2, 0.25) is 0 Å². The van der Waals surface area contributed by atoms with Crippen LogP contribution in [-0.4, -0.2) is 42.3 Å². The van der Waals surface area contributed by atoms with Gasteiger partial charge in [0.1, 0.15) is 6.10 Å². The lowest BCUT2D eigenvalue weighted by Gasteiger charge is -2.20. The molecule has 1 aliphatic rings. The highest BCUT2D eigenvalue weighted by molar-refractivity contribution is 5.99. The number of ether oxygens (including phenoxy) is 1. The van der Waals surface area contributed by atoms with Crippen molar-refractivity contribution in [3.05, 3.63) is 71.8 Å². The van der Waals surface area contributed by atoms with Crippen molar-refractivity contribution >= 4 is 18.2 Å². The van der Waals surface area contributed by atoms with Gasteiger partial charge in [-0.3, -0.25) is 4.79 Å². The van der Waals surface area contributed by atoms with Crippen molar-refractivity contribution in [1.82, 2.24) is 5.32 Å². The van der Waals surface area contributed by atoms with Crippen LogP contribution in [0.15, 0.2) is 60.7 Å². The molecule has 0 saturated heterocycles. The zero-order chi connectivity index (χ0) is 17.5. The molecular weight excluding hydrogens is 350 g/mol. The third kappa shape index (κ3) is 6.54. The average molecular weight is 376 g/mol. The second-order valence-corrected chi connectivity index (χ2v) is 6.58. The number of halogens is 1. The first kappa shape index (κ1) is 20.6. The van der Waals surface area contributed by atoms with Gasteiger partial charge >= 0.3 is 0 Å². The number of hydrogen-bond acceptors (Lipinski definition) is 4. The summed E-state index contributed by atoms with van der Waals surface area (Å²) in [6, 6.07) is 19.6. The lowest BCUT2D eigenvalue weighted by Crippen LogP contribution is -2.35. The Bertz CT molecular complexity index is 661. The van der Waals surface area contributed by atoms with Gasteiger partial charge in [-0.25, -0.2) is 0 Å². The predicted octanol–water partition coefficient (Wildman–Crippen LogP) is 3.03. The number of aliphatic hydroxyl groups is 1. The zero-order valence-electron chi connectivity index (χ0n) is 14.7. The molecule has 0 amide bonds. The van der Waals surface area contributed by atoms with E-state index in [2.05, 4.69) is 5.32 Å². The predicted molar refractivity (Wildman–Crippen MR) is 105 cm³/mol. The lowest BCUT2D eigenvalue weighted by atomic mass is 10.00. The van der Waals surface area contributed by atoms with Crippen molar-refractivity contribution in [3.63, 3.8) is 0 Å². The maximum Gasteiger partial charge on any atom is 0.191 e. The molecule has 3 rings (SSSR count). The van der Waals surface area contributed by atoms with Gasteiger partial charge in [-0.1, -0.05) is 60.7 Å². The Morgan fingerprint density at radius 2 is 1.69 bits per heavy atom. The van der Waals surface area contributed by atoms with Crippen LogP contribution in [0.1, 0.15) is 28.8 Å². The molecule has 2 atom stereocenters. The molecule has 2 unspecified atom stereocenters. The number of rotatable bonds is 10. The first-order chi connectivity index (χ1) is 12.2. The molecule has 0 aromatic heterocycles. The number of carbonyl (C=O) groups excluding carboxylic acids is 1. The van der Waals surface area contributed by atoms with Crippen molar-refractivity contribution in [2.75, 3.05) is 13.2 Å². The van der Waals surface area contributed by atoms with Crippen LogP contribution in [0, 0.1) is 0 Å². The highest BCUT2D eigenvalue weighted by atomic mass is 35.5. The monoisotopic (exact) mass is 375 g/mol. The summed E-state index contributed by atoms with van der Waals surface area (Å²) in [5.41, 5.74) is 1.68. The molecule has 2 aromatic carbocycles. The van der Waals surface area contributed by atoms with Crippen molar-refractivity contribution in [2.24, 2.45) is 0 Å². The smallest absolute Gasteiger partial charge is 0.191 e. The summed E-state index contributed by atoms with van der Waals surface area (Å²) in [7, 11) is 0. The van der Waals surface area contributed by atoms with E-state index in [-0.39, 0.29) is 24.8 Å². The number of nitrogens with one attached hydrogen (secondary N) is 1. The van der Waals surface area contributed by atoms with Crippen LogP contribution in [-0.2, 0) is 11.2 Å². The molecule has 4 nitrogen and oxygen atoms in total. The Kier molecular flexibility index (Phi) is 8.26. The Hall–Kier alpha value is -1.72. The van der Waals surface area contributed by atoms with Gasteiger partial charge < -0.3 is 15.2 Å². The van der Waals surface area contributed by atoms with E-state index in [9.17, 15) is 9.90 Å². The fraction of sp³-hybridized carbons (Fsp3) is 0.381. The Balaban J connectivity index is 0.00000243. The number of ketones is 1. The number of Topliss-reactive ketones (excluding diaryl/α,β-unsaturated/α-hetero) is 1. The lowest BCUT2D eigenvalue weighted by molar-refractivity contribution is -0.00178. The van der Waals surface area contributed by atoms with E-state index in [1.165, 1.54) is 12.8 Å². The van der Waals surface area contributed by atoms with Gasteiger partial charge in [0.25, 0.3) is 0 Å². The van der Waals surface area contributed by atoms with Crippen LogP contribution in [0.4, 0.5) is 0 Å². The van der Waals surface area contributed by atoms with Crippen LogP contribution in [0.25, 0.3) is 0 Å². The van der Waals surface area contributed by atoms with Crippen molar-refractivity contribution < 1.29 is 14.6 Å². The van der Waals surface area contributed by atoms with Gasteiger partial charge in [-0.2, -0.15) is 0 Å². The topological polar surface area (TPSA) is 58.6 Å². The summed E-state index contributed by atoms with van der Waals surface area (Å²) >= 11 is 0. The minimum Gasteiger partial charge on any atom is -0.389 e. The van der Waals surface area contributed by atoms with E-state index in [1.54, 1.807) is 12.1 Å². The molecule has 2 aromatic rings. The van der Waals surface area contributed by atoms with Crippen LogP contribution < -0.4 is 5.32 Å². The molecule has 0 heterocycles. The highest BCUT2D eigenvalue weighted by Crippen LogP contribution is 2.18. The van der Waals surface area contributed by atoms with Gasteiger partial charge in [0.05, 0.1) is 12.7 Å². The fourth-order valence-electron chi connectivity index (χ4n) is 2.72. The summed E-state index contributed by atoms with van der Waals surface area (Å²) in [4.78, 5) is 12.8. The normalized spacial score (nSPS) is 15.7. The third-order valence-corrected chi connectivity index (χ3v) is 4.32. The molecule has 140 valence electrons. The molecule has 2 N–H and O–H groups in total. The summed E-state index contributed by atoms with van der Waals surface area (Å²) in [5, 5.41) is 13.4. The summed E-state index contributed by atoms with van der Waals surface area (Å²) in [6.45, 7) is 0.651. The van der Waals surface area contributed by atoms with Gasteiger partial charge in [-0.15, -0.1) is 12.4 Å². The van der Waals surface area contributed by atoms with Crippen molar-refractivity contribution in [3.8, 4) is 0 Å². The van der Waals surface area contributed by atoms with E-state index in [0.29, 0.717) is 24.6 Å². The molecule has 0 bridgehead atoms. The van der Waals surface area contributed by atoms with Crippen molar-refractivity contribution in [1.29, 1.82) is 0 Å². The molecule has 0 aliphatic heterocycles. The third-order valence-electron chi connectivity index (χ3n) is 4.32. The van der Waals surface area contributed by atoms with E-state index in [0.717, 1.165) is 5.56 Å². The van der Waals surface area contributed by atoms with Gasteiger partial charge in [-0.05, 0) is 18.4 Å². The van der Waals surface area contributed by atoms with Gasteiger partial charge in [0.2, 0.25) is 0 Å². The molecule has 1 saturated carbocycles. The largest absolute Gasteiger partial charge is 0.389 e. The second-order valence-electron chi connectivity index (χ2n) is 6.58. The Morgan fingerprint density at radius 3 is 2.31 bits per heavy atom. The van der Waals surface area contributed by atoms with Crippen molar-refractivity contribution in [2.45, 2.75) is 37.5 Å². The quantitative estimate of drug-likeness (QED) is 0.627. The number of carbonyl (C=O) groups is 1. The summed E-state index contributed by atoms with van der Waals surface area (Å²) < 4.78 is 5.84. The minimum atomic E-state index is -0.609. The number of benzene rings is 2. The van der Waals surface area contributed by atoms with Gasteiger partial charge in [0.15, 0.2) is 5.78 Å². The molecule has 1 fully saturated rings. The molecule has 0 spiro atoms. The van der Waals surface area contributed by atoms with Crippen LogP contribution in [0.5, 0.6) is 0 Å². The molecule has 0 radical (unpaired) electrons. The standard InChI is InChI=1S/C21H25NO3.ClH/c23-19(14-22-18-11-12-18)15-25-20(13-16-7-3-1-4-8-16)21(24)17-9-5-2-6-10-17;/h1-10,18-20,22-23H,11-15H2;1H. The zero-order valence-corrected chi connectivity index (χ0v) is 15.5. The molecule has 1 aliphatic carbocycles. The Morgan fingerprint density at radius 1 is 1.08 bits per heavy atom. The van der Waals surface area contributed by atoms with E-state index in [4.69, 9.17) is 4.74 Å². The second kappa shape index (κ2) is 10.4. The minimum absolute atomic E-state index is 0. The summed E-state index contributed by atoms with van der Waals surface area (Å²) in [5.74, 6) is -0.0493. The van der Waals surface area contributed by atoms with E-state index in [1.807, 2.05) is 48.5 Å². The van der Waals surface area contributed by atoms with Gasteiger partial charge in [0, 0.05) is 24.6 Å².